The van der Waals surface area contributed by atoms with Gasteiger partial charge in [-0.1, -0.05) is 0 Å². The van der Waals surface area contributed by atoms with Gasteiger partial charge in [-0.15, -0.1) is 0 Å². The van der Waals surface area contributed by atoms with Crippen LogP contribution in [0, 0.1) is 11.8 Å². The van der Waals surface area contributed by atoms with Gasteiger partial charge < -0.3 is 14.8 Å². The van der Waals surface area contributed by atoms with Crippen LogP contribution in [0.2, 0.25) is 0 Å². The molecule has 0 aromatic heterocycles. The van der Waals surface area contributed by atoms with Gasteiger partial charge >= 0.3 is 11.9 Å². The lowest BCUT2D eigenvalue weighted by Gasteiger charge is -2.23. The van der Waals surface area contributed by atoms with Crippen molar-refractivity contribution in [3.8, 4) is 0 Å². The predicted octanol–water partition coefficient (Wildman–Crippen LogP) is 0.337. The topological polar surface area (TPSA) is 64.6 Å². The molecule has 0 spiro atoms. The van der Waals surface area contributed by atoms with Crippen LogP contribution < -0.4 is 5.32 Å². The molecule has 0 aromatic carbocycles. The van der Waals surface area contributed by atoms with Crippen molar-refractivity contribution in [3.05, 3.63) is 0 Å². The van der Waals surface area contributed by atoms with Crippen molar-refractivity contribution in [1.82, 2.24) is 5.32 Å². The summed E-state index contributed by atoms with van der Waals surface area (Å²) in [5, 5.41) is 3.00. The van der Waals surface area contributed by atoms with Gasteiger partial charge in [0.15, 0.2) is 0 Å². The Morgan fingerprint density at radius 3 is 2.06 bits per heavy atom. The molecular formula is C11H19NO4. The minimum atomic E-state index is -0.527. The first kappa shape index (κ1) is 13.0. The van der Waals surface area contributed by atoms with Crippen LogP contribution >= 0.6 is 0 Å². The van der Waals surface area contributed by atoms with Crippen LogP contribution in [-0.2, 0) is 19.1 Å². The molecule has 16 heavy (non-hydrogen) atoms. The molecule has 5 heteroatoms. The van der Waals surface area contributed by atoms with E-state index < -0.39 is 17.4 Å². The first-order valence-corrected chi connectivity index (χ1v) is 5.36. The molecule has 0 aliphatic carbocycles. The lowest BCUT2D eigenvalue weighted by molar-refractivity contribution is -0.165. The quantitative estimate of drug-likeness (QED) is 0.692. The van der Waals surface area contributed by atoms with Crippen LogP contribution in [0.4, 0.5) is 0 Å². The summed E-state index contributed by atoms with van der Waals surface area (Å²) in [6.45, 7) is 6.35. The Kier molecular flexibility index (Phi) is 3.91. The molecule has 1 heterocycles. The Balaban J connectivity index is 2.65. The highest BCUT2D eigenvalue weighted by molar-refractivity contribution is 5.83. The van der Waals surface area contributed by atoms with Gasteiger partial charge in [-0.3, -0.25) is 9.59 Å². The predicted molar refractivity (Wildman–Crippen MR) is 57.7 cm³/mol. The van der Waals surface area contributed by atoms with E-state index in [1.807, 2.05) is 0 Å². The normalized spacial score (nSPS) is 25.2. The minimum Gasteiger partial charge on any atom is -0.469 e. The maximum absolute atomic E-state index is 11.8. The van der Waals surface area contributed by atoms with Crippen molar-refractivity contribution in [1.29, 1.82) is 0 Å². The van der Waals surface area contributed by atoms with Gasteiger partial charge in [-0.05, 0) is 20.8 Å². The van der Waals surface area contributed by atoms with E-state index in [0.29, 0.717) is 13.1 Å². The van der Waals surface area contributed by atoms with Crippen LogP contribution in [0.5, 0.6) is 0 Å². The van der Waals surface area contributed by atoms with E-state index in [0.717, 1.165) is 0 Å². The zero-order valence-electron chi connectivity index (χ0n) is 10.2. The number of ether oxygens (including phenoxy) is 2. The third-order valence-corrected chi connectivity index (χ3v) is 2.43. The molecule has 0 amide bonds. The number of carbonyl (C=O) groups is 2. The lowest BCUT2D eigenvalue weighted by Crippen LogP contribution is -2.35. The molecule has 0 radical (unpaired) electrons. The minimum absolute atomic E-state index is 0.340. The number of hydrogen-bond acceptors (Lipinski definition) is 5. The van der Waals surface area contributed by atoms with Gasteiger partial charge in [0.1, 0.15) is 5.60 Å². The molecule has 0 aromatic rings. The summed E-state index contributed by atoms with van der Waals surface area (Å²) in [5.41, 5.74) is -0.527. The Labute approximate surface area is 95.5 Å². The largest absolute Gasteiger partial charge is 0.469 e. The van der Waals surface area contributed by atoms with Crippen molar-refractivity contribution in [2.75, 3.05) is 20.2 Å². The highest BCUT2D eigenvalue weighted by atomic mass is 16.6. The number of esters is 2. The fourth-order valence-electron chi connectivity index (χ4n) is 1.70. The molecule has 5 nitrogen and oxygen atoms in total. The molecule has 1 saturated heterocycles. The van der Waals surface area contributed by atoms with E-state index in [4.69, 9.17) is 4.74 Å². The molecule has 2 atom stereocenters. The Bertz CT molecular complexity index is 282. The summed E-state index contributed by atoms with van der Waals surface area (Å²) in [7, 11) is 1.33. The van der Waals surface area contributed by atoms with Gasteiger partial charge in [0.25, 0.3) is 0 Å². The summed E-state index contributed by atoms with van der Waals surface area (Å²) < 4.78 is 9.92. The average Bonchev–Trinajstić information content (AvgIpc) is 2.62. The molecule has 1 fully saturated rings. The average molecular weight is 229 g/mol. The molecule has 1 aliphatic heterocycles. The van der Waals surface area contributed by atoms with E-state index in [1.165, 1.54) is 7.11 Å². The molecule has 0 unspecified atom stereocenters. The van der Waals surface area contributed by atoms with Crippen molar-refractivity contribution >= 4 is 11.9 Å². The second kappa shape index (κ2) is 4.82. The Hall–Kier alpha value is -1.10. The smallest absolute Gasteiger partial charge is 0.311 e. The van der Waals surface area contributed by atoms with Crippen molar-refractivity contribution in [2.45, 2.75) is 26.4 Å². The molecule has 92 valence electrons. The SMILES string of the molecule is COC(=O)[C@H]1CNC[C@H]1C(=O)OC(C)(C)C. The molecule has 1 aliphatic rings. The summed E-state index contributed by atoms with van der Waals surface area (Å²) in [6, 6.07) is 0. The highest BCUT2D eigenvalue weighted by Gasteiger charge is 2.40. The third-order valence-electron chi connectivity index (χ3n) is 2.43. The van der Waals surface area contributed by atoms with E-state index in [1.54, 1.807) is 20.8 Å². The summed E-state index contributed by atoms with van der Waals surface area (Å²) >= 11 is 0. The van der Waals surface area contributed by atoms with Crippen LogP contribution in [0.1, 0.15) is 20.8 Å². The van der Waals surface area contributed by atoms with E-state index in [2.05, 4.69) is 10.1 Å². The van der Waals surface area contributed by atoms with Gasteiger partial charge in [-0.2, -0.15) is 0 Å². The van der Waals surface area contributed by atoms with Crippen LogP contribution in [0.3, 0.4) is 0 Å². The zero-order chi connectivity index (χ0) is 12.3. The molecule has 1 N–H and O–H groups in total. The zero-order valence-corrected chi connectivity index (χ0v) is 10.2. The van der Waals surface area contributed by atoms with Gasteiger partial charge in [-0.25, -0.2) is 0 Å². The monoisotopic (exact) mass is 229 g/mol. The summed E-state index contributed by atoms with van der Waals surface area (Å²) in [5.74, 6) is -1.57. The van der Waals surface area contributed by atoms with Gasteiger partial charge in [0.05, 0.1) is 18.9 Å². The standard InChI is InChI=1S/C11H19NO4/c1-11(2,3)16-10(14)8-6-12-5-7(8)9(13)15-4/h7-8,12H,5-6H2,1-4H3/t7-,8+/m0/s1. The fourth-order valence-corrected chi connectivity index (χ4v) is 1.70. The van der Waals surface area contributed by atoms with Crippen LogP contribution in [-0.4, -0.2) is 37.7 Å². The summed E-state index contributed by atoms with van der Waals surface area (Å²) in [6.07, 6.45) is 0. The van der Waals surface area contributed by atoms with Gasteiger partial charge in [0, 0.05) is 13.1 Å². The van der Waals surface area contributed by atoms with Gasteiger partial charge in [0.2, 0.25) is 0 Å². The second-order valence-corrected chi connectivity index (χ2v) is 4.93. The van der Waals surface area contributed by atoms with E-state index >= 15 is 0 Å². The van der Waals surface area contributed by atoms with Crippen molar-refractivity contribution < 1.29 is 19.1 Å². The van der Waals surface area contributed by atoms with E-state index in [9.17, 15) is 9.59 Å². The molecular weight excluding hydrogens is 210 g/mol. The first-order valence-electron chi connectivity index (χ1n) is 5.36. The molecule has 1 rings (SSSR count). The second-order valence-electron chi connectivity index (χ2n) is 4.93. The molecule has 0 saturated carbocycles. The Morgan fingerprint density at radius 2 is 1.62 bits per heavy atom. The number of methoxy groups -OCH3 is 1. The van der Waals surface area contributed by atoms with Crippen molar-refractivity contribution in [2.24, 2.45) is 11.8 Å². The maximum atomic E-state index is 11.8. The number of carbonyl (C=O) groups excluding carboxylic acids is 2. The highest BCUT2D eigenvalue weighted by Crippen LogP contribution is 2.22. The first-order chi connectivity index (χ1) is 7.35. The van der Waals surface area contributed by atoms with Crippen molar-refractivity contribution in [3.63, 3.8) is 0 Å². The maximum Gasteiger partial charge on any atom is 0.311 e. The number of nitrogens with one attached hydrogen (secondary N) is 1. The number of hydrogen-bond donors (Lipinski definition) is 1. The van der Waals surface area contributed by atoms with Crippen LogP contribution in [0.15, 0.2) is 0 Å². The third kappa shape index (κ3) is 3.20. The molecule has 0 bridgehead atoms. The lowest BCUT2D eigenvalue weighted by atomic mass is 9.96. The number of rotatable bonds is 2. The fraction of sp³-hybridized carbons (Fsp3) is 0.818. The van der Waals surface area contributed by atoms with E-state index in [-0.39, 0.29) is 11.9 Å². The van der Waals surface area contributed by atoms with Crippen LogP contribution in [0.25, 0.3) is 0 Å². The Morgan fingerprint density at radius 1 is 1.12 bits per heavy atom. The summed E-state index contributed by atoms with van der Waals surface area (Å²) in [4.78, 5) is 23.2.